The molecule has 3 fully saturated rings. The van der Waals surface area contributed by atoms with E-state index in [2.05, 4.69) is 15.6 Å². The van der Waals surface area contributed by atoms with Gasteiger partial charge >= 0.3 is 0 Å². The third kappa shape index (κ3) is 3.92. The Bertz CT molecular complexity index is 1240. The van der Waals surface area contributed by atoms with Gasteiger partial charge in [0.1, 0.15) is 22.4 Å². The molecule has 3 saturated carbocycles. The van der Waals surface area contributed by atoms with Gasteiger partial charge < -0.3 is 26.0 Å². The van der Waals surface area contributed by atoms with E-state index in [0.717, 1.165) is 38.7 Å². The molecule has 10 heteroatoms. The number of aliphatic hydroxyl groups is 3. The zero-order valence-corrected chi connectivity index (χ0v) is 20.1. The minimum atomic E-state index is -0.998. The highest BCUT2D eigenvalue weighted by molar-refractivity contribution is 7.21. The highest BCUT2D eigenvalue weighted by Gasteiger charge is 2.57. The number of aromatic nitrogens is 4. The number of hydrogen-bond donors (Lipinski definition) is 5. The summed E-state index contributed by atoms with van der Waals surface area (Å²) in [5, 5.41) is 39.6. The number of aliphatic hydroxyl groups excluding tert-OH is 2. The first-order valence-electron chi connectivity index (χ1n) is 12.0. The van der Waals surface area contributed by atoms with E-state index >= 15 is 0 Å². The second-order valence-corrected chi connectivity index (χ2v) is 11.2. The molecule has 0 radical (unpaired) electrons. The third-order valence-corrected chi connectivity index (χ3v) is 8.53. The standard InChI is InChI=1S/C24H30N6O3S/c1-11-17(22-29-18-12(2)25-8-5-16(18)34-22)21(30-23(27-11)26-10-13-3-4-13)28-15-9-14(19(31)20(15)32)24(33)6-7-24/h5,8,13-15,19-20,31-33H,3-4,6-7,9-10H2,1-2H3,(H2,26,27,28,30)/t14-,15+,19+,20-/m0/s1. The van der Waals surface area contributed by atoms with Crippen LogP contribution in [0.3, 0.4) is 0 Å². The van der Waals surface area contributed by atoms with Crippen molar-refractivity contribution >= 4 is 33.3 Å². The summed E-state index contributed by atoms with van der Waals surface area (Å²) in [6.07, 6.45) is 4.07. The van der Waals surface area contributed by atoms with Crippen LogP contribution in [-0.4, -0.2) is 65.7 Å². The molecule has 0 spiro atoms. The number of nitrogens with zero attached hydrogens (tertiary/aromatic N) is 4. The second-order valence-electron chi connectivity index (χ2n) is 10.1. The van der Waals surface area contributed by atoms with Crippen LogP contribution < -0.4 is 10.6 Å². The van der Waals surface area contributed by atoms with Gasteiger partial charge in [-0.15, -0.1) is 11.3 Å². The van der Waals surface area contributed by atoms with Crippen molar-refractivity contribution in [2.45, 2.75) is 69.8 Å². The molecule has 4 atom stereocenters. The summed E-state index contributed by atoms with van der Waals surface area (Å²) in [5.74, 6) is 1.44. The SMILES string of the molecule is Cc1nc(NCC2CC2)nc(N[C@@H]2C[C@H](C3(O)CC3)[C@@H](O)[C@H]2O)c1-c1nc2c(C)nccc2s1. The molecule has 0 aliphatic heterocycles. The van der Waals surface area contributed by atoms with Crippen LogP contribution in [-0.2, 0) is 0 Å². The Morgan fingerprint density at radius 2 is 1.88 bits per heavy atom. The zero-order valence-electron chi connectivity index (χ0n) is 19.3. The summed E-state index contributed by atoms with van der Waals surface area (Å²) < 4.78 is 1.04. The van der Waals surface area contributed by atoms with Crippen LogP contribution in [0.2, 0.25) is 0 Å². The van der Waals surface area contributed by atoms with Crippen molar-refractivity contribution in [3.63, 3.8) is 0 Å². The Balaban J connectivity index is 1.37. The van der Waals surface area contributed by atoms with E-state index in [1.807, 2.05) is 19.9 Å². The van der Waals surface area contributed by atoms with Crippen molar-refractivity contribution in [3.05, 3.63) is 23.7 Å². The predicted molar refractivity (Wildman–Crippen MR) is 131 cm³/mol. The number of pyridine rings is 1. The van der Waals surface area contributed by atoms with Crippen molar-refractivity contribution in [1.82, 2.24) is 19.9 Å². The van der Waals surface area contributed by atoms with Crippen LogP contribution in [0, 0.1) is 25.7 Å². The fourth-order valence-electron chi connectivity index (χ4n) is 5.04. The van der Waals surface area contributed by atoms with E-state index in [4.69, 9.17) is 15.0 Å². The maximum atomic E-state index is 10.8. The summed E-state index contributed by atoms with van der Waals surface area (Å²) in [6, 6.07) is 1.52. The molecule has 0 aromatic carbocycles. The van der Waals surface area contributed by atoms with E-state index in [9.17, 15) is 15.3 Å². The Hall–Kier alpha value is -2.40. The molecule has 6 rings (SSSR count). The highest BCUT2D eigenvalue weighted by atomic mass is 32.1. The smallest absolute Gasteiger partial charge is 0.224 e. The number of aryl methyl sites for hydroxylation is 2. The van der Waals surface area contributed by atoms with Gasteiger partial charge in [0.25, 0.3) is 0 Å². The number of anilines is 2. The van der Waals surface area contributed by atoms with Crippen LogP contribution in [0.1, 0.15) is 43.5 Å². The Morgan fingerprint density at radius 3 is 2.59 bits per heavy atom. The molecule has 9 nitrogen and oxygen atoms in total. The molecule has 5 N–H and O–H groups in total. The fourth-order valence-corrected chi connectivity index (χ4v) is 6.15. The monoisotopic (exact) mass is 482 g/mol. The van der Waals surface area contributed by atoms with Gasteiger partial charge in [-0.05, 0) is 57.9 Å². The lowest BCUT2D eigenvalue weighted by Crippen LogP contribution is -2.37. The molecule has 0 bridgehead atoms. The van der Waals surface area contributed by atoms with E-state index in [1.165, 1.54) is 12.8 Å². The van der Waals surface area contributed by atoms with Gasteiger partial charge in [-0.1, -0.05) is 0 Å². The van der Waals surface area contributed by atoms with E-state index in [-0.39, 0.29) is 5.92 Å². The van der Waals surface area contributed by atoms with Gasteiger partial charge in [-0.3, -0.25) is 4.98 Å². The Kier molecular flexibility index (Phi) is 5.25. The lowest BCUT2D eigenvalue weighted by Gasteiger charge is -2.21. The van der Waals surface area contributed by atoms with Crippen molar-refractivity contribution in [2.24, 2.45) is 11.8 Å². The highest BCUT2D eigenvalue weighted by Crippen LogP contribution is 2.50. The van der Waals surface area contributed by atoms with Gasteiger partial charge in [0.05, 0.1) is 39.4 Å². The van der Waals surface area contributed by atoms with Crippen LogP contribution in [0.15, 0.2) is 12.3 Å². The first-order chi connectivity index (χ1) is 16.3. The molecular weight excluding hydrogens is 452 g/mol. The molecule has 3 aliphatic carbocycles. The number of thiazole rings is 1. The minimum absolute atomic E-state index is 0.352. The minimum Gasteiger partial charge on any atom is -0.390 e. The number of hydrogen-bond acceptors (Lipinski definition) is 10. The van der Waals surface area contributed by atoms with Gasteiger partial charge in [-0.25, -0.2) is 9.97 Å². The predicted octanol–water partition coefficient (Wildman–Crippen LogP) is 2.63. The fraction of sp³-hybridized carbons (Fsp3) is 0.583. The largest absolute Gasteiger partial charge is 0.390 e. The zero-order chi connectivity index (χ0) is 23.6. The molecule has 3 aliphatic rings. The third-order valence-electron chi connectivity index (χ3n) is 7.50. The molecular formula is C24H30N6O3S. The van der Waals surface area contributed by atoms with Gasteiger partial charge in [0.15, 0.2) is 0 Å². The normalized spacial score (nSPS) is 27.8. The number of rotatable bonds is 7. The summed E-state index contributed by atoms with van der Waals surface area (Å²) in [7, 11) is 0. The van der Waals surface area contributed by atoms with Crippen molar-refractivity contribution < 1.29 is 15.3 Å². The molecule has 3 aromatic rings. The van der Waals surface area contributed by atoms with Crippen LogP contribution in [0.5, 0.6) is 0 Å². The first-order valence-corrected chi connectivity index (χ1v) is 12.8. The average Bonchev–Trinajstić information content (AvgIpc) is 3.71. The van der Waals surface area contributed by atoms with Crippen molar-refractivity contribution in [1.29, 1.82) is 0 Å². The van der Waals surface area contributed by atoms with Crippen LogP contribution >= 0.6 is 11.3 Å². The van der Waals surface area contributed by atoms with Crippen LogP contribution in [0.25, 0.3) is 20.8 Å². The number of fused-ring (bicyclic) bond motifs is 1. The maximum absolute atomic E-state index is 10.8. The molecule has 0 saturated heterocycles. The Morgan fingerprint density at radius 1 is 1.09 bits per heavy atom. The van der Waals surface area contributed by atoms with Crippen molar-refractivity contribution in [3.8, 4) is 10.6 Å². The molecule has 180 valence electrons. The van der Waals surface area contributed by atoms with E-state index in [1.54, 1.807) is 17.5 Å². The lowest BCUT2D eigenvalue weighted by atomic mass is 9.96. The summed E-state index contributed by atoms with van der Waals surface area (Å²) in [6.45, 7) is 4.72. The molecule has 34 heavy (non-hydrogen) atoms. The van der Waals surface area contributed by atoms with Crippen molar-refractivity contribution in [2.75, 3.05) is 17.2 Å². The second kappa shape index (κ2) is 8.08. The van der Waals surface area contributed by atoms with Gasteiger partial charge in [-0.2, -0.15) is 4.98 Å². The topological polar surface area (TPSA) is 136 Å². The number of nitrogens with one attached hydrogen (secondary N) is 2. The lowest BCUT2D eigenvalue weighted by molar-refractivity contribution is -0.0312. The maximum Gasteiger partial charge on any atom is 0.224 e. The quantitative estimate of drug-likeness (QED) is 0.344. The summed E-state index contributed by atoms with van der Waals surface area (Å²) >= 11 is 1.56. The summed E-state index contributed by atoms with van der Waals surface area (Å²) in [5.41, 5.74) is 2.43. The summed E-state index contributed by atoms with van der Waals surface area (Å²) in [4.78, 5) is 18.7. The molecule has 0 amide bonds. The average molecular weight is 483 g/mol. The molecule has 0 unspecified atom stereocenters. The van der Waals surface area contributed by atoms with E-state index in [0.29, 0.717) is 36.9 Å². The van der Waals surface area contributed by atoms with Crippen LogP contribution in [0.4, 0.5) is 11.8 Å². The molecule has 3 aromatic heterocycles. The Labute approximate surface area is 201 Å². The van der Waals surface area contributed by atoms with Gasteiger partial charge in [0.2, 0.25) is 5.95 Å². The van der Waals surface area contributed by atoms with Gasteiger partial charge in [0, 0.05) is 18.7 Å². The van der Waals surface area contributed by atoms with E-state index < -0.39 is 23.9 Å². The first kappa shape index (κ1) is 22.1. The molecule has 3 heterocycles.